The zero-order chi connectivity index (χ0) is 20.4. The van der Waals surface area contributed by atoms with Crippen molar-refractivity contribution >= 4 is 27.7 Å². The fraction of sp³-hybridized carbons (Fsp3) is 0.421. The highest BCUT2D eigenvalue weighted by atomic mass is 32.2. The lowest BCUT2D eigenvalue weighted by Crippen LogP contribution is -2.50. The summed E-state index contributed by atoms with van der Waals surface area (Å²) in [5.41, 5.74) is 0.424. The van der Waals surface area contributed by atoms with Crippen molar-refractivity contribution in [2.24, 2.45) is 0 Å². The first-order chi connectivity index (χ1) is 14.0. The van der Waals surface area contributed by atoms with Crippen LogP contribution in [-0.2, 0) is 10.0 Å². The number of amides is 2. The van der Waals surface area contributed by atoms with Crippen molar-refractivity contribution in [3.63, 3.8) is 0 Å². The summed E-state index contributed by atoms with van der Waals surface area (Å²) in [6, 6.07) is 7.90. The SMILES string of the molecule is CN1C(=O)N(CCCN2CCN(c3ncccn3)CC2)S(=O)(=O)c2ccccc21. The number of anilines is 2. The second kappa shape index (κ2) is 7.96. The predicted molar refractivity (Wildman–Crippen MR) is 109 cm³/mol. The molecule has 0 N–H and O–H groups in total. The third kappa shape index (κ3) is 3.77. The molecule has 0 aliphatic carbocycles. The molecule has 2 aliphatic rings. The Bertz CT molecular complexity index is 976. The van der Waals surface area contributed by atoms with Crippen LogP contribution < -0.4 is 9.80 Å². The van der Waals surface area contributed by atoms with Crippen molar-refractivity contribution < 1.29 is 13.2 Å². The van der Waals surface area contributed by atoms with Gasteiger partial charge >= 0.3 is 6.03 Å². The Morgan fingerprint density at radius 3 is 2.38 bits per heavy atom. The molecule has 4 rings (SSSR count). The van der Waals surface area contributed by atoms with Crippen LogP contribution in [0.25, 0.3) is 0 Å². The van der Waals surface area contributed by atoms with Crippen LogP contribution in [0, 0.1) is 0 Å². The van der Waals surface area contributed by atoms with Gasteiger partial charge in [0.05, 0.1) is 5.69 Å². The zero-order valence-corrected chi connectivity index (χ0v) is 17.1. The van der Waals surface area contributed by atoms with Gasteiger partial charge in [-0.15, -0.1) is 0 Å². The first kappa shape index (κ1) is 19.6. The fourth-order valence-corrected chi connectivity index (χ4v) is 5.38. The Morgan fingerprint density at radius 2 is 1.66 bits per heavy atom. The van der Waals surface area contributed by atoms with Crippen LogP contribution in [-0.4, -0.2) is 79.9 Å². The fourth-order valence-electron chi connectivity index (χ4n) is 3.72. The molecule has 1 fully saturated rings. The highest BCUT2D eigenvalue weighted by Crippen LogP contribution is 2.33. The van der Waals surface area contributed by atoms with E-state index in [9.17, 15) is 13.2 Å². The van der Waals surface area contributed by atoms with Crippen molar-refractivity contribution in [2.45, 2.75) is 11.3 Å². The van der Waals surface area contributed by atoms with Gasteiger partial charge in [0.15, 0.2) is 0 Å². The number of hydrogen-bond acceptors (Lipinski definition) is 7. The molecule has 0 radical (unpaired) electrons. The Hall–Kier alpha value is -2.72. The Balaban J connectivity index is 1.34. The number of piperazine rings is 1. The molecule has 2 aromatic rings. The minimum atomic E-state index is -3.81. The summed E-state index contributed by atoms with van der Waals surface area (Å²) >= 11 is 0. The van der Waals surface area contributed by atoms with Gasteiger partial charge in [-0.1, -0.05) is 12.1 Å². The molecule has 10 heteroatoms. The van der Waals surface area contributed by atoms with Gasteiger partial charge in [0, 0.05) is 58.7 Å². The molecule has 0 unspecified atom stereocenters. The number of nitrogens with zero attached hydrogens (tertiary/aromatic N) is 6. The number of carbonyl (C=O) groups excluding carboxylic acids is 1. The van der Waals surface area contributed by atoms with E-state index in [1.54, 1.807) is 49.8 Å². The maximum absolute atomic E-state index is 12.9. The number of sulfonamides is 1. The molecule has 0 saturated carbocycles. The maximum atomic E-state index is 12.9. The second-order valence-electron chi connectivity index (χ2n) is 7.12. The van der Waals surface area contributed by atoms with E-state index >= 15 is 0 Å². The van der Waals surface area contributed by atoms with Gasteiger partial charge in [-0.2, -0.15) is 0 Å². The molecule has 0 atom stereocenters. The summed E-state index contributed by atoms with van der Waals surface area (Å²) in [4.78, 5) is 27.2. The Morgan fingerprint density at radius 1 is 0.966 bits per heavy atom. The minimum absolute atomic E-state index is 0.169. The molecule has 1 aromatic carbocycles. The third-order valence-corrected chi connectivity index (χ3v) is 7.16. The largest absolute Gasteiger partial charge is 0.338 e. The Kier molecular flexibility index (Phi) is 5.37. The van der Waals surface area contributed by atoms with Crippen LogP contribution in [0.3, 0.4) is 0 Å². The predicted octanol–water partition coefficient (Wildman–Crippen LogP) is 1.25. The molecular formula is C19H24N6O3S. The number of para-hydroxylation sites is 1. The molecule has 2 amide bonds. The molecule has 3 heterocycles. The van der Waals surface area contributed by atoms with Crippen molar-refractivity contribution in [1.82, 2.24) is 19.2 Å². The zero-order valence-electron chi connectivity index (χ0n) is 16.3. The Labute approximate surface area is 170 Å². The minimum Gasteiger partial charge on any atom is -0.338 e. The van der Waals surface area contributed by atoms with Crippen LogP contribution in [0.1, 0.15) is 6.42 Å². The second-order valence-corrected chi connectivity index (χ2v) is 8.95. The normalized spacial score (nSPS) is 19.3. The van der Waals surface area contributed by atoms with E-state index in [2.05, 4.69) is 19.8 Å². The van der Waals surface area contributed by atoms with Gasteiger partial charge < -0.3 is 4.90 Å². The summed E-state index contributed by atoms with van der Waals surface area (Å²) in [6.07, 6.45) is 4.06. The summed E-state index contributed by atoms with van der Waals surface area (Å²) in [6.45, 7) is 4.24. The number of aromatic nitrogens is 2. The van der Waals surface area contributed by atoms with Gasteiger partial charge in [-0.3, -0.25) is 9.80 Å². The van der Waals surface area contributed by atoms with Crippen LogP contribution >= 0.6 is 0 Å². The molecule has 0 spiro atoms. The van der Waals surface area contributed by atoms with E-state index < -0.39 is 16.1 Å². The maximum Gasteiger partial charge on any atom is 0.338 e. The van der Waals surface area contributed by atoms with Gasteiger partial charge in [-0.25, -0.2) is 27.5 Å². The van der Waals surface area contributed by atoms with Crippen molar-refractivity contribution in [3.8, 4) is 0 Å². The van der Waals surface area contributed by atoms with Gasteiger partial charge in [0.2, 0.25) is 5.95 Å². The van der Waals surface area contributed by atoms with Crippen molar-refractivity contribution in [2.75, 3.05) is 56.1 Å². The molecule has 154 valence electrons. The average molecular weight is 417 g/mol. The number of benzene rings is 1. The van der Waals surface area contributed by atoms with Crippen LogP contribution in [0.4, 0.5) is 16.4 Å². The smallest absolute Gasteiger partial charge is 0.338 e. The highest BCUT2D eigenvalue weighted by molar-refractivity contribution is 7.90. The summed E-state index contributed by atoms with van der Waals surface area (Å²) in [7, 11) is -2.21. The third-order valence-electron chi connectivity index (χ3n) is 5.34. The molecule has 1 saturated heterocycles. The lowest BCUT2D eigenvalue weighted by atomic mass is 10.3. The summed E-state index contributed by atoms with van der Waals surface area (Å²) < 4.78 is 26.8. The molecule has 2 aliphatic heterocycles. The molecular weight excluding hydrogens is 392 g/mol. The van der Waals surface area contributed by atoms with E-state index in [1.165, 1.54) is 4.90 Å². The highest BCUT2D eigenvalue weighted by Gasteiger charge is 2.39. The topological polar surface area (TPSA) is 90.0 Å². The number of carbonyl (C=O) groups is 1. The summed E-state index contributed by atoms with van der Waals surface area (Å²) in [5, 5.41) is 0. The molecule has 0 bridgehead atoms. The number of fused-ring (bicyclic) bond motifs is 1. The van der Waals surface area contributed by atoms with E-state index in [4.69, 9.17) is 0 Å². The van der Waals surface area contributed by atoms with Gasteiger partial charge in [-0.05, 0) is 24.6 Å². The summed E-state index contributed by atoms with van der Waals surface area (Å²) in [5.74, 6) is 0.735. The van der Waals surface area contributed by atoms with Crippen LogP contribution in [0.15, 0.2) is 47.6 Å². The standard InChI is InChI=1S/C19H24N6O3S/c1-22-16-6-2-3-7-17(16)29(27,28)25(19(22)26)11-5-10-23-12-14-24(15-13-23)18-20-8-4-9-21-18/h2-4,6-9H,5,10-15H2,1H3. The van der Waals surface area contributed by atoms with Crippen LogP contribution in [0.5, 0.6) is 0 Å². The first-order valence-electron chi connectivity index (χ1n) is 9.62. The molecule has 9 nitrogen and oxygen atoms in total. The monoisotopic (exact) mass is 416 g/mol. The van der Waals surface area contributed by atoms with E-state index in [-0.39, 0.29) is 11.4 Å². The van der Waals surface area contributed by atoms with Crippen molar-refractivity contribution in [1.29, 1.82) is 0 Å². The quantitative estimate of drug-likeness (QED) is 0.725. The molecule has 29 heavy (non-hydrogen) atoms. The number of rotatable bonds is 5. The van der Waals surface area contributed by atoms with Gasteiger partial charge in [0.25, 0.3) is 10.0 Å². The average Bonchev–Trinajstić information content (AvgIpc) is 2.76. The van der Waals surface area contributed by atoms with E-state index in [0.29, 0.717) is 12.1 Å². The van der Waals surface area contributed by atoms with Crippen molar-refractivity contribution in [3.05, 3.63) is 42.7 Å². The van der Waals surface area contributed by atoms with E-state index in [1.807, 2.05) is 0 Å². The molecule has 1 aromatic heterocycles. The lowest BCUT2D eigenvalue weighted by molar-refractivity contribution is 0.221. The van der Waals surface area contributed by atoms with Crippen LogP contribution in [0.2, 0.25) is 0 Å². The first-order valence-corrected chi connectivity index (χ1v) is 11.1. The number of urea groups is 1. The van der Waals surface area contributed by atoms with Gasteiger partial charge in [0.1, 0.15) is 4.90 Å². The van der Waals surface area contributed by atoms with E-state index in [0.717, 1.165) is 43.0 Å². The lowest BCUT2D eigenvalue weighted by Gasteiger charge is -2.36. The number of hydrogen-bond donors (Lipinski definition) is 0.